The molecule has 0 radical (unpaired) electrons. The van der Waals surface area contributed by atoms with E-state index in [2.05, 4.69) is 0 Å². The van der Waals surface area contributed by atoms with Crippen LogP contribution < -0.4 is 8.85 Å². The largest absolute Gasteiger partial charge is 0.518 e. The van der Waals surface area contributed by atoms with E-state index in [4.69, 9.17) is 22.4 Å². The fraction of sp³-hybridized carbons (Fsp3) is 0.739. The maximum atomic E-state index is 10.2. The first-order valence-corrected chi connectivity index (χ1v) is 16.9. The minimum atomic E-state index is -2.57. The summed E-state index contributed by atoms with van der Waals surface area (Å²) in [5, 5.41) is 19.6. The molecule has 0 bridgehead atoms. The summed E-state index contributed by atoms with van der Waals surface area (Å²) in [5.41, 5.74) is 0.192. The number of aliphatic hydroxyl groups excluding tert-OH is 2. The van der Waals surface area contributed by atoms with E-state index in [1.165, 1.54) is 0 Å². The highest BCUT2D eigenvalue weighted by molar-refractivity contribution is 6.66. The summed E-state index contributed by atoms with van der Waals surface area (Å²) in [6.07, 6.45) is -1.20. The van der Waals surface area contributed by atoms with Gasteiger partial charge in [0.15, 0.2) is 0 Å². The van der Waals surface area contributed by atoms with Gasteiger partial charge in [-0.15, -0.1) is 0 Å². The molecule has 9 heteroatoms. The van der Waals surface area contributed by atoms with Crippen LogP contribution in [0.2, 0.25) is 26.2 Å². The van der Waals surface area contributed by atoms with Crippen LogP contribution in [0.1, 0.15) is 59.6 Å². The van der Waals surface area contributed by atoms with Gasteiger partial charge in [-0.1, -0.05) is 6.07 Å². The third kappa shape index (κ3) is 8.44. The molecule has 1 aromatic rings. The van der Waals surface area contributed by atoms with Gasteiger partial charge in [-0.05, 0) is 85.4 Å². The van der Waals surface area contributed by atoms with Crippen molar-refractivity contribution in [3.63, 3.8) is 0 Å². The Morgan fingerprint density at radius 2 is 1.41 bits per heavy atom. The lowest BCUT2D eigenvalue weighted by Crippen LogP contribution is -2.46. The Morgan fingerprint density at radius 3 is 1.84 bits per heavy atom. The maximum Gasteiger partial charge on any atom is 0.392 e. The Morgan fingerprint density at radius 1 is 0.906 bits per heavy atom. The Balaban J connectivity index is 2.38. The highest BCUT2D eigenvalue weighted by Gasteiger charge is 2.38. The summed E-state index contributed by atoms with van der Waals surface area (Å²) in [6.45, 7) is 19.9. The zero-order valence-electron chi connectivity index (χ0n) is 21.3. The predicted octanol–water partition coefficient (Wildman–Crippen LogP) is 4.66. The highest BCUT2D eigenvalue weighted by Crippen LogP contribution is 2.40. The van der Waals surface area contributed by atoms with Gasteiger partial charge < -0.3 is 32.7 Å². The molecule has 1 heterocycles. The molecule has 1 aliphatic heterocycles. The lowest BCUT2D eigenvalue weighted by Gasteiger charge is -2.35. The van der Waals surface area contributed by atoms with Gasteiger partial charge in [-0.2, -0.15) is 0 Å². The third-order valence-corrected chi connectivity index (χ3v) is 8.19. The van der Waals surface area contributed by atoms with Crippen LogP contribution in [-0.2, 0) is 13.6 Å². The Kier molecular flexibility index (Phi) is 8.30. The Hall–Kier alpha value is -0.946. The van der Waals surface area contributed by atoms with Gasteiger partial charge in [-0.25, -0.2) is 0 Å². The molecule has 1 aromatic carbocycles. The summed E-state index contributed by atoms with van der Waals surface area (Å²) < 4.78 is 31.2. The minimum Gasteiger partial charge on any atom is -0.518 e. The topological polar surface area (TPSA) is 86.6 Å². The fourth-order valence-electron chi connectivity index (χ4n) is 4.04. The molecule has 32 heavy (non-hydrogen) atoms. The van der Waals surface area contributed by atoms with Crippen LogP contribution in [0, 0.1) is 0 Å². The summed E-state index contributed by atoms with van der Waals surface area (Å²) in [6, 6.07) is 5.68. The summed E-state index contributed by atoms with van der Waals surface area (Å²) in [5.74, 6) is 1.18. The Bertz CT molecular complexity index is 769. The molecule has 1 aliphatic rings. The number of hydrogen-bond acceptors (Lipinski definition) is 7. The number of ether oxygens (including phenoxy) is 1. The van der Waals surface area contributed by atoms with Crippen molar-refractivity contribution in [2.75, 3.05) is 6.61 Å². The summed E-state index contributed by atoms with van der Waals surface area (Å²) in [4.78, 5) is 0. The molecule has 0 unspecified atom stereocenters. The Labute approximate surface area is 195 Å². The first-order valence-electron chi connectivity index (χ1n) is 11.3. The van der Waals surface area contributed by atoms with Crippen LogP contribution in [0.3, 0.4) is 0 Å². The van der Waals surface area contributed by atoms with Gasteiger partial charge in [0.05, 0.1) is 30.0 Å². The number of benzene rings is 1. The number of rotatable bonds is 8. The molecule has 2 N–H and O–H groups in total. The molecule has 0 aliphatic carbocycles. The van der Waals surface area contributed by atoms with E-state index in [1.54, 1.807) is 0 Å². The van der Waals surface area contributed by atoms with Gasteiger partial charge >= 0.3 is 17.1 Å². The highest BCUT2D eigenvalue weighted by atomic mass is 28.4. The van der Waals surface area contributed by atoms with Crippen molar-refractivity contribution in [2.24, 2.45) is 0 Å². The average molecular weight is 487 g/mol. The van der Waals surface area contributed by atoms with Crippen molar-refractivity contribution in [3.8, 4) is 11.5 Å². The van der Waals surface area contributed by atoms with E-state index >= 15 is 0 Å². The molecule has 0 saturated carbocycles. The van der Waals surface area contributed by atoms with E-state index in [-0.39, 0.29) is 23.9 Å². The van der Waals surface area contributed by atoms with Crippen LogP contribution in [0.15, 0.2) is 18.2 Å². The minimum absolute atomic E-state index is 0.217. The van der Waals surface area contributed by atoms with Crippen molar-refractivity contribution in [1.29, 1.82) is 0 Å². The van der Waals surface area contributed by atoms with E-state index < -0.39 is 29.3 Å². The van der Waals surface area contributed by atoms with Crippen molar-refractivity contribution in [2.45, 2.75) is 104 Å². The normalized spacial score (nSPS) is 22.8. The first-order chi connectivity index (χ1) is 14.4. The molecule has 184 valence electrons. The van der Waals surface area contributed by atoms with Gasteiger partial charge in [0.1, 0.15) is 17.6 Å². The average Bonchev–Trinajstić information content (AvgIpc) is 2.92. The molecule has 0 amide bonds. The summed E-state index contributed by atoms with van der Waals surface area (Å²) in [7, 11) is -5.08. The molecular formula is C23H42O7Si2. The smallest absolute Gasteiger partial charge is 0.392 e. The van der Waals surface area contributed by atoms with E-state index in [1.807, 2.05) is 85.9 Å². The maximum absolute atomic E-state index is 10.2. The van der Waals surface area contributed by atoms with Gasteiger partial charge in [0, 0.05) is 6.42 Å². The lowest BCUT2D eigenvalue weighted by molar-refractivity contribution is -0.0225. The van der Waals surface area contributed by atoms with Crippen molar-refractivity contribution >= 4 is 17.1 Å². The second-order valence-electron chi connectivity index (χ2n) is 11.3. The van der Waals surface area contributed by atoms with Crippen LogP contribution in [-0.4, -0.2) is 57.4 Å². The molecule has 0 aromatic heterocycles. The molecule has 7 nitrogen and oxygen atoms in total. The van der Waals surface area contributed by atoms with Gasteiger partial charge in [0.2, 0.25) is 0 Å². The van der Waals surface area contributed by atoms with E-state index in [0.717, 1.165) is 5.56 Å². The molecule has 1 fully saturated rings. The van der Waals surface area contributed by atoms with Gasteiger partial charge in [0.25, 0.3) is 0 Å². The van der Waals surface area contributed by atoms with E-state index in [0.29, 0.717) is 17.9 Å². The van der Waals surface area contributed by atoms with Crippen LogP contribution >= 0.6 is 0 Å². The third-order valence-electron chi connectivity index (χ3n) is 4.56. The predicted molar refractivity (Wildman–Crippen MR) is 130 cm³/mol. The first kappa shape index (κ1) is 27.3. The SMILES string of the molecule is CC(C)(C)O[Si](C)(C)Oc1ccc([C@H]2C[C@H](O)[C@@H](CO)O2)cc1O[Si](C)(C)OC(C)(C)C. The van der Waals surface area contributed by atoms with Crippen LogP contribution in [0.4, 0.5) is 0 Å². The van der Waals surface area contributed by atoms with Crippen molar-refractivity contribution in [1.82, 2.24) is 0 Å². The monoisotopic (exact) mass is 486 g/mol. The van der Waals surface area contributed by atoms with Crippen LogP contribution in [0.5, 0.6) is 11.5 Å². The zero-order chi connectivity index (χ0) is 24.5. The summed E-state index contributed by atoms with van der Waals surface area (Å²) >= 11 is 0. The van der Waals surface area contributed by atoms with Crippen molar-refractivity contribution < 1.29 is 32.7 Å². The standard InChI is InChI=1S/C23H42O7Si2/c1-22(2,3)29-31(7,8)27-18-12-11-16(19-14-17(25)21(15-24)26-19)13-20(18)28-32(9,10)30-23(4,5)6/h11-13,17,19,21,24-25H,14-15H2,1-10H3/t17-,19+,21+/m0/s1. The molecule has 2 rings (SSSR count). The molecule has 0 spiro atoms. The fourth-order valence-corrected chi connectivity index (χ4v) is 8.46. The lowest BCUT2D eigenvalue weighted by atomic mass is 10.0. The van der Waals surface area contributed by atoms with Crippen LogP contribution in [0.25, 0.3) is 0 Å². The quantitative estimate of drug-likeness (QED) is 0.517. The second kappa shape index (κ2) is 9.73. The second-order valence-corrected chi connectivity index (χ2v) is 17.7. The zero-order valence-corrected chi connectivity index (χ0v) is 23.3. The molecule has 3 atom stereocenters. The molecule has 1 saturated heterocycles. The number of aliphatic hydroxyl groups is 2. The number of hydrogen-bond donors (Lipinski definition) is 2. The molecular weight excluding hydrogens is 444 g/mol. The van der Waals surface area contributed by atoms with Gasteiger partial charge in [-0.3, -0.25) is 0 Å². The van der Waals surface area contributed by atoms with Crippen molar-refractivity contribution in [3.05, 3.63) is 23.8 Å². The van der Waals surface area contributed by atoms with E-state index in [9.17, 15) is 10.2 Å².